The summed E-state index contributed by atoms with van der Waals surface area (Å²) in [6, 6.07) is 11.0. The molecule has 0 radical (unpaired) electrons. The van der Waals surface area contributed by atoms with Crippen molar-refractivity contribution in [3.05, 3.63) is 76.7 Å². The van der Waals surface area contributed by atoms with Crippen LogP contribution in [0, 0.1) is 27.7 Å². The molecule has 0 spiro atoms. The first-order valence-electron chi connectivity index (χ1n) is 9.51. The Labute approximate surface area is 180 Å². The molecule has 8 heteroatoms. The lowest BCUT2D eigenvalue weighted by atomic mass is 9.96. The Morgan fingerprint density at radius 1 is 0.733 bits per heavy atom. The molecule has 30 heavy (non-hydrogen) atoms. The molecule has 0 fully saturated rings. The average Bonchev–Trinajstić information content (AvgIpc) is 2.60. The number of hydrogen-bond acceptors (Lipinski definition) is 6. The lowest BCUT2D eigenvalue weighted by Gasteiger charge is -2.21. The topological polar surface area (TPSA) is 86.7 Å². The molecule has 0 amide bonds. The summed E-state index contributed by atoms with van der Waals surface area (Å²) in [6.07, 6.45) is 0.944. The molecule has 0 saturated carbocycles. The fourth-order valence-corrected chi connectivity index (χ4v) is 4.38. The van der Waals surface area contributed by atoms with Crippen molar-refractivity contribution in [2.75, 3.05) is 12.5 Å². The van der Waals surface area contributed by atoms with Crippen molar-refractivity contribution in [3.63, 3.8) is 0 Å². The molecule has 0 aliphatic rings. The van der Waals surface area contributed by atoms with E-state index in [1.165, 1.54) is 0 Å². The summed E-state index contributed by atoms with van der Waals surface area (Å²) in [6.45, 7) is 9.78. The highest BCUT2D eigenvalue weighted by Gasteiger charge is 2.25. The summed E-state index contributed by atoms with van der Waals surface area (Å²) in [5, 5.41) is 0. The molecule has 0 bridgehead atoms. The van der Waals surface area contributed by atoms with Crippen molar-refractivity contribution >= 4 is 20.2 Å². The van der Waals surface area contributed by atoms with E-state index >= 15 is 0 Å². The average molecular weight is 454 g/mol. The highest BCUT2D eigenvalue weighted by molar-refractivity contribution is 7.86. The van der Waals surface area contributed by atoms with Crippen LogP contribution in [0.2, 0.25) is 0 Å². The fraction of sp³-hybridized carbons (Fsp3) is 0.409. The van der Waals surface area contributed by atoms with E-state index in [9.17, 15) is 16.8 Å². The van der Waals surface area contributed by atoms with Gasteiger partial charge < -0.3 is 0 Å². The molecule has 0 aliphatic heterocycles. The maximum Gasteiger partial charge on any atom is 0.265 e. The van der Waals surface area contributed by atoms with Gasteiger partial charge in [-0.25, -0.2) is 0 Å². The Hall–Kier alpha value is -1.87. The van der Waals surface area contributed by atoms with Gasteiger partial charge >= 0.3 is 0 Å². The second-order valence-electron chi connectivity index (χ2n) is 7.68. The van der Waals surface area contributed by atoms with Gasteiger partial charge in [0.15, 0.2) is 0 Å². The number of hydrogen-bond donors (Lipinski definition) is 0. The summed E-state index contributed by atoms with van der Waals surface area (Å²) in [4.78, 5) is 0. The van der Waals surface area contributed by atoms with Crippen molar-refractivity contribution in [1.29, 1.82) is 0 Å². The quantitative estimate of drug-likeness (QED) is 0.415. The van der Waals surface area contributed by atoms with Gasteiger partial charge in [0, 0.05) is 19.4 Å². The molecule has 2 rings (SSSR count). The third-order valence-corrected chi connectivity index (χ3v) is 6.08. The number of aryl methyl sites for hydroxylation is 3. The maximum absolute atomic E-state index is 11.8. The van der Waals surface area contributed by atoms with Crippen LogP contribution in [0.4, 0.5) is 0 Å². The van der Waals surface area contributed by atoms with Gasteiger partial charge in [-0.3, -0.25) is 8.37 Å². The van der Waals surface area contributed by atoms with Gasteiger partial charge in [-0.05, 0) is 55.5 Å². The monoisotopic (exact) mass is 453 g/mol. The van der Waals surface area contributed by atoms with Gasteiger partial charge in [-0.1, -0.05) is 18.2 Å². The van der Waals surface area contributed by atoms with E-state index in [2.05, 4.69) is 6.92 Å². The van der Waals surface area contributed by atoms with Crippen LogP contribution in [0.25, 0.3) is 0 Å². The molecule has 0 heterocycles. The standard InChI is InChI=1S/C22H29O6S2/c1-15-7-9-19(13-17(15)3)21(27-29(5,23)24)11-12-22(28-30(6,25)26)20-10-8-16(2)18(4)14-20/h7-10,13-14,21-22H,3,11-12H2,1-2,4-6H3/q+1. The molecular formula is C22H29O6S2+. The predicted octanol–water partition coefficient (Wildman–Crippen LogP) is 4.31. The highest BCUT2D eigenvalue weighted by atomic mass is 32.2. The van der Waals surface area contributed by atoms with Crippen molar-refractivity contribution in [1.82, 2.24) is 0 Å². The zero-order valence-electron chi connectivity index (χ0n) is 18.0. The molecule has 2 aromatic rings. The minimum Gasteiger partial charge on any atom is -0.262 e. The maximum atomic E-state index is 11.8. The van der Waals surface area contributed by atoms with Crippen LogP contribution in [0.15, 0.2) is 36.4 Å². The largest absolute Gasteiger partial charge is 0.265 e. The minimum atomic E-state index is -3.73. The van der Waals surface area contributed by atoms with E-state index in [0.717, 1.165) is 34.8 Å². The van der Waals surface area contributed by atoms with Crippen LogP contribution in [-0.4, -0.2) is 29.3 Å². The zero-order valence-corrected chi connectivity index (χ0v) is 19.6. The van der Waals surface area contributed by atoms with Gasteiger partial charge in [0.25, 0.3) is 20.2 Å². The second-order valence-corrected chi connectivity index (χ2v) is 10.9. The van der Waals surface area contributed by atoms with Crippen LogP contribution in [0.1, 0.15) is 58.4 Å². The van der Waals surface area contributed by atoms with Crippen LogP contribution in [0.3, 0.4) is 0 Å². The Morgan fingerprint density at radius 2 is 1.17 bits per heavy atom. The molecule has 164 valence electrons. The third kappa shape index (κ3) is 7.43. The Balaban J connectivity index is 2.35. The normalized spacial score (nSPS) is 14.4. The van der Waals surface area contributed by atoms with Gasteiger partial charge in [0.1, 0.15) is 17.8 Å². The van der Waals surface area contributed by atoms with E-state index in [4.69, 9.17) is 8.37 Å². The Morgan fingerprint density at radius 3 is 1.57 bits per heavy atom. The zero-order chi connectivity index (χ0) is 22.7. The van der Waals surface area contributed by atoms with Crippen molar-refractivity contribution in [3.8, 4) is 0 Å². The summed E-state index contributed by atoms with van der Waals surface area (Å²) in [5.41, 5.74) is 5.21. The first-order valence-corrected chi connectivity index (χ1v) is 13.1. The van der Waals surface area contributed by atoms with Crippen molar-refractivity contribution < 1.29 is 25.2 Å². The predicted molar refractivity (Wildman–Crippen MR) is 118 cm³/mol. The Kier molecular flexibility index (Phi) is 7.74. The number of benzene rings is 2. The Bertz CT molecular complexity index is 1010. The van der Waals surface area contributed by atoms with Crippen LogP contribution in [-0.2, 0) is 28.6 Å². The van der Waals surface area contributed by atoms with Gasteiger partial charge in [-0.2, -0.15) is 16.8 Å². The summed E-state index contributed by atoms with van der Waals surface area (Å²) < 4.78 is 58.0. The highest BCUT2D eigenvalue weighted by Crippen LogP contribution is 2.33. The lowest BCUT2D eigenvalue weighted by molar-refractivity contribution is 0.152. The molecule has 6 nitrogen and oxygen atoms in total. The molecule has 0 aromatic heterocycles. The van der Waals surface area contributed by atoms with Crippen LogP contribution >= 0.6 is 0 Å². The van der Waals surface area contributed by atoms with Crippen LogP contribution in [0.5, 0.6) is 0 Å². The molecule has 0 aliphatic carbocycles. The molecule has 2 aromatic carbocycles. The second kappa shape index (κ2) is 9.51. The molecular weight excluding hydrogens is 424 g/mol. The molecule has 0 saturated heterocycles. The smallest absolute Gasteiger partial charge is 0.262 e. The van der Waals surface area contributed by atoms with Crippen molar-refractivity contribution in [2.45, 2.75) is 45.8 Å². The SMILES string of the molecule is [CH2+]c1cc(C(CCC(OS(C)(=O)=O)c2ccc(C)c(C)c2)OS(C)(=O)=O)ccc1C. The minimum absolute atomic E-state index is 0.239. The van der Waals surface area contributed by atoms with Gasteiger partial charge in [0.2, 0.25) is 0 Å². The van der Waals surface area contributed by atoms with Crippen molar-refractivity contribution in [2.24, 2.45) is 0 Å². The third-order valence-electron chi connectivity index (χ3n) is 4.92. The lowest BCUT2D eigenvalue weighted by Crippen LogP contribution is -2.15. The molecule has 2 atom stereocenters. The number of rotatable bonds is 9. The summed E-state index contributed by atoms with van der Waals surface area (Å²) >= 11 is 0. The molecule has 0 N–H and O–H groups in total. The van der Waals surface area contributed by atoms with Crippen LogP contribution < -0.4 is 0 Å². The first-order chi connectivity index (χ1) is 13.7. The molecule has 2 unspecified atom stereocenters. The summed E-state index contributed by atoms with van der Waals surface area (Å²) in [5.74, 6) is 0. The van der Waals surface area contributed by atoms with E-state index in [1.54, 1.807) is 12.1 Å². The first kappa shape index (κ1) is 24.4. The van der Waals surface area contributed by atoms with Gasteiger partial charge in [-0.15, -0.1) is 0 Å². The fourth-order valence-electron chi connectivity index (χ4n) is 3.12. The van der Waals surface area contributed by atoms with E-state index in [-0.39, 0.29) is 12.8 Å². The summed E-state index contributed by atoms with van der Waals surface area (Å²) in [7, 11) is -7.46. The van der Waals surface area contributed by atoms with Gasteiger partial charge in [0.05, 0.1) is 24.1 Å². The van der Waals surface area contributed by atoms with E-state index < -0.39 is 32.4 Å². The van der Waals surface area contributed by atoms with E-state index in [1.807, 2.05) is 45.0 Å². The van der Waals surface area contributed by atoms with E-state index in [0.29, 0.717) is 11.1 Å².